The number of benzene rings is 2. The van der Waals surface area contributed by atoms with Crippen LogP contribution in [0.15, 0.2) is 48.5 Å². The van der Waals surface area contributed by atoms with Gasteiger partial charge in [-0.15, -0.1) is 0 Å². The second kappa shape index (κ2) is 9.39. The molecule has 1 aliphatic rings. The van der Waals surface area contributed by atoms with Crippen molar-refractivity contribution in [1.82, 2.24) is 9.80 Å². The fourth-order valence-corrected chi connectivity index (χ4v) is 3.34. The third-order valence-electron chi connectivity index (χ3n) is 5.06. The third-order valence-corrected chi connectivity index (χ3v) is 5.06. The Morgan fingerprint density at radius 3 is 2.20 bits per heavy atom. The SMILES string of the molecule is COC(=O)c1ccc(CN(C(=O)N2CCN(C(C)=O)CC2)c2cccc(F)c2)cc1. The molecule has 158 valence electrons. The monoisotopic (exact) mass is 413 g/mol. The van der Waals surface area contributed by atoms with E-state index in [4.69, 9.17) is 4.74 Å². The summed E-state index contributed by atoms with van der Waals surface area (Å²) in [6.07, 6.45) is 0. The minimum atomic E-state index is -0.442. The fourth-order valence-electron chi connectivity index (χ4n) is 3.34. The van der Waals surface area contributed by atoms with Crippen molar-refractivity contribution in [2.75, 3.05) is 38.2 Å². The van der Waals surface area contributed by atoms with E-state index in [0.29, 0.717) is 37.4 Å². The number of anilines is 1. The van der Waals surface area contributed by atoms with Crippen molar-refractivity contribution >= 4 is 23.6 Å². The number of ether oxygens (including phenoxy) is 1. The van der Waals surface area contributed by atoms with E-state index in [1.165, 1.54) is 31.1 Å². The number of halogens is 1. The summed E-state index contributed by atoms with van der Waals surface area (Å²) in [5.41, 5.74) is 1.62. The lowest BCUT2D eigenvalue weighted by Crippen LogP contribution is -2.53. The quantitative estimate of drug-likeness (QED) is 0.723. The largest absolute Gasteiger partial charge is 0.465 e. The summed E-state index contributed by atoms with van der Waals surface area (Å²) in [6.45, 7) is 3.46. The van der Waals surface area contributed by atoms with E-state index in [1.54, 1.807) is 46.2 Å². The lowest BCUT2D eigenvalue weighted by Gasteiger charge is -2.37. The minimum absolute atomic E-state index is 0.0187. The van der Waals surface area contributed by atoms with Crippen molar-refractivity contribution in [3.05, 3.63) is 65.5 Å². The lowest BCUT2D eigenvalue weighted by molar-refractivity contribution is -0.130. The van der Waals surface area contributed by atoms with E-state index in [0.717, 1.165) is 5.56 Å². The van der Waals surface area contributed by atoms with Gasteiger partial charge in [-0.25, -0.2) is 14.0 Å². The number of carbonyl (C=O) groups is 3. The van der Waals surface area contributed by atoms with Crippen molar-refractivity contribution in [3.8, 4) is 0 Å². The average molecular weight is 413 g/mol. The molecule has 7 nitrogen and oxygen atoms in total. The molecular formula is C22H24FN3O4. The van der Waals surface area contributed by atoms with Gasteiger partial charge < -0.3 is 14.5 Å². The maximum absolute atomic E-state index is 13.8. The highest BCUT2D eigenvalue weighted by Crippen LogP contribution is 2.21. The van der Waals surface area contributed by atoms with Crippen molar-refractivity contribution in [3.63, 3.8) is 0 Å². The molecule has 0 N–H and O–H groups in total. The fraction of sp³-hybridized carbons (Fsp3) is 0.318. The van der Waals surface area contributed by atoms with Crippen LogP contribution in [0.4, 0.5) is 14.9 Å². The van der Waals surface area contributed by atoms with Crippen molar-refractivity contribution in [2.24, 2.45) is 0 Å². The first-order chi connectivity index (χ1) is 14.4. The van der Waals surface area contributed by atoms with Crippen LogP contribution in [0.25, 0.3) is 0 Å². The van der Waals surface area contributed by atoms with Crippen LogP contribution in [0, 0.1) is 5.82 Å². The van der Waals surface area contributed by atoms with Crippen LogP contribution >= 0.6 is 0 Å². The average Bonchev–Trinajstić information content (AvgIpc) is 2.77. The van der Waals surface area contributed by atoms with Gasteiger partial charge in [0.2, 0.25) is 5.91 Å². The second-order valence-corrected chi connectivity index (χ2v) is 7.03. The number of piperazine rings is 1. The van der Waals surface area contributed by atoms with E-state index in [-0.39, 0.29) is 18.5 Å². The van der Waals surface area contributed by atoms with Gasteiger partial charge in [0.25, 0.3) is 0 Å². The van der Waals surface area contributed by atoms with Gasteiger partial charge in [0, 0.05) is 38.8 Å². The van der Waals surface area contributed by atoms with Crippen LogP contribution < -0.4 is 4.90 Å². The van der Waals surface area contributed by atoms with E-state index < -0.39 is 11.8 Å². The molecule has 0 aliphatic carbocycles. The zero-order chi connectivity index (χ0) is 21.7. The normalized spacial score (nSPS) is 13.7. The number of urea groups is 1. The molecule has 0 unspecified atom stereocenters. The Morgan fingerprint density at radius 2 is 1.63 bits per heavy atom. The zero-order valence-corrected chi connectivity index (χ0v) is 17.0. The summed E-state index contributed by atoms with van der Waals surface area (Å²) >= 11 is 0. The molecule has 1 fully saturated rings. The van der Waals surface area contributed by atoms with Crippen LogP contribution in [-0.2, 0) is 16.1 Å². The summed E-state index contributed by atoms with van der Waals surface area (Å²) in [5, 5.41) is 0. The summed E-state index contributed by atoms with van der Waals surface area (Å²) < 4.78 is 18.5. The minimum Gasteiger partial charge on any atom is -0.465 e. The molecule has 1 saturated heterocycles. The standard InChI is InChI=1S/C22H24FN3O4/c1-16(27)24-10-12-25(13-11-24)22(29)26(20-5-3-4-19(23)14-20)15-17-6-8-18(9-7-17)21(28)30-2/h3-9,14H,10-13,15H2,1-2H3. The number of amides is 3. The molecule has 30 heavy (non-hydrogen) atoms. The number of esters is 1. The number of methoxy groups -OCH3 is 1. The van der Waals surface area contributed by atoms with Gasteiger partial charge in [0.05, 0.1) is 19.2 Å². The Hall–Kier alpha value is -3.42. The first-order valence-corrected chi connectivity index (χ1v) is 9.64. The van der Waals surface area contributed by atoms with Crippen LogP contribution in [0.2, 0.25) is 0 Å². The molecule has 3 rings (SSSR count). The van der Waals surface area contributed by atoms with E-state index in [2.05, 4.69) is 0 Å². The van der Waals surface area contributed by atoms with Gasteiger partial charge in [-0.2, -0.15) is 0 Å². The Labute approximate surface area is 174 Å². The van der Waals surface area contributed by atoms with Gasteiger partial charge in [-0.3, -0.25) is 9.69 Å². The molecule has 0 saturated carbocycles. The molecule has 0 radical (unpaired) electrons. The van der Waals surface area contributed by atoms with E-state index in [9.17, 15) is 18.8 Å². The first-order valence-electron chi connectivity index (χ1n) is 9.64. The van der Waals surface area contributed by atoms with Crippen molar-refractivity contribution < 1.29 is 23.5 Å². The maximum atomic E-state index is 13.8. The van der Waals surface area contributed by atoms with Gasteiger partial charge >= 0.3 is 12.0 Å². The Morgan fingerprint density at radius 1 is 1.00 bits per heavy atom. The van der Waals surface area contributed by atoms with Gasteiger partial charge in [-0.1, -0.05) is 18.2 Å². The number of hydrogen-bond donors (Lipinski definition) is 0. The summed E-state index contributed by atoms with van der Waals surface area (Å²) in [4.78, 5) is 41.3. The van der Waals surface area contributed by atoms with Crippen LogP contribution in [0.1, 0.15) is 22.8 Å². The molecule has 1 aliphatic heterocycles. The number of hydrogen-bond acceptors (Lipinski definition) is 4. The smallest absolute Gasteiger partial charge is 0.337 e. The Kier molecular flexibility index (Phi) is 6.66. The summed E-state index contributed by atoms with van der Waals surface area (Å²) in [6, 6.07) is 12.3. The molecule has 0 spiro atoms. The summed E-state index contributed by atoms with van der Waals surface area (Å²) in [7, 11) is 1.31. The molecule has 0 atom stereocenters. The van der Waals surface area contributed by atoms with Crippen LogP contribution in [0.5, 0.6) is 0 Å². The second-order valence-electron chi connectivity index (χ2n) is 7.03. The lowest BCUT2D eigenvalue weighted by atomic mass is 10.1. The number of carbonyl (C=O) groups excluding carboxylic acids is 3. The molecule has 2 aromatic rings. The topological polar surface area (TPSA) is 70.2 Å². The van der Waals surface area contributed by atoms with Gasteiger partial charge in [0.15, 0.2) is 0 Å². The molecule has 3 amide bonds. The molecule has 0 aromatic heterocycles. The highest BCUT2D eigenvalue weighted by atomic mass is 19.1. The number of rotatable bonds is 4. The summed E-state index contributed by atoms with van der Waals surface area (Å²) in [5.74, 6) is -0.898. The highest BCUT2D eigenvalue weighted by molar-refractivity contribution is 5.92. The van der Waals surface area contributed by atoms with Gasteiger partial charge in [-0.05, 0) is 35.9 Å². The predicted molar refractivity (Wildman–Crippen MR) is 110 cm³/mol. The Balaban J connectivity index is 1.81. The predicted octanol–water partition coefficient (Wildman–Crippen LogP) is 2.90. The first kappa shape index (κ1) is 21.3. The molecule has 8 heteroatoms. The van der Waals surface area contributed by atoms with Crippen LogP contribution in [-0.4, -0.2) is 61.0 Å². The molecule has 2 aromatic carbocycles. The molecule has 1 heterocycles. The van der Waals surface area contributed by atoms with Crippen molar-refractivity contribution in [1.29, 1.82) is 0 Å². The number of nitrogens with zero attached hydrogens (tertiary/aromatic N) is 3. The maximum Gasteiger partial charge on any atom is 0.337 e. The third kappa shape index (κ3) is 4.94. The van der Waals surface area contributed by atoms with Gasteiger partial charge in [0.1, 0.15) is 5.82 Å². The Bertz CT molecular complexity index is 924. The van der Waals surface area contributed by atoms with Crippen molar-refractivity contribution in [2.45, 2.75) is 13.5 Å². The molecular weight excluding hydrogens is 389 g/mol. The highest BCUT2D eigenvalue weighted by Gasteiger charge is 2.27. The van der Waals surface area contributed by atoms with E-state index in [1.807, 2.05) is 0 Å². The molecule has 0 bridgehead atoms. The van der Waals surface area contributed by atoms with E-state index >= 15 is 0 Å². The van der Waals surface area contributed by atoms with Crippen LogP contribution in [0.3, 0.4) is 0 Å². The zero-order valence-electron chi connectivity index (χ0n) is 17.0.